The van der Waals surface area contributed by atoms with Crippen LogP contribution in [0.1, 0.15) is 35.3 Å². The van der Waals surface area contributed by atoms with Crippen LogP contribution in [0.25, 0.3) is 0 Å². The van der Waals surface area contributed by atoms with E-state index in [9.17, 15) is 18.8 Å². The molecule has 0 aromatic heterocycles. The number of esters is 1. The highest BCUT2D eigenvalue weighted by Gasteiger charge is 2.19. The molecule has 148 valence electrons. The normalized spacial score (nSPS) is 10.3. The quantitative estimate of drug-likeness (QED) is 0.741. The Kier molecular flexibility index (Phi) is 7.26. The third-order valence-electron chi connectivity index (χ3n) is 4.12. The summed E-state index contributed by atoms with van der Waals surface area (Å²) in [5.74, 6) is -1.79. The van der Waals surface area contributed by atoms with Gasteiger partial charge in [0, 0.05) is 20.0 Å². The topological polar surface area (TPSA) is 75.7 Å². The Morgan fingerprint density at radius 2 is 1.86 bits per heavy atom. The average Bonchev–Trinajstić information content (AvgIpc) is 2.65. The second kappa shape index (κ2) is 9.64. The number of amides is 2. The number of aryl methyl sites for hydroxylation is 1. The molecule has 6 nitrogen and oxygen atoms in total. The first-order valence-electron chi connectivity index (χ1n) is 8.88. The zero-order valence-electron chi connectivity index (χ0n) is 16.1. The predicted octanol–water partition coefficient (Wildman–Crippen LogP) is 3.30. The predicted molar refractivity (Wildman–Crippen MR) is 103 cm³/mol. The summed E-state index contributed by atoms with van der Waals surface area (Å²) in [4.78, 5) is 37.7. The number of anilines is 1. The van der Waals surface area contributed by atoms with E-state index in [2.05, 4.69) is 5.32 Å². The van der Waals surface area contributed by atoms with Crippen molar-refractivity contribution in [2.75, 3.05) is 18.5 Å². The first-order chi connectivity index (χ1) is 13.3. The monoisotopic (exact) mass is 386 g/mol. The molecule has 0 aliphatic carbocycles. The van der Waals surface area contributed by atoms with Crippen LogP contribution in [0.4, 0.5) is 10.1 Å². The Hall–Kier alpha value is -3.22. The summed E-state index contributed by atoms with van der Waals surface area (Å²) in [6, 6.07) is 10.9. The molecule has 0 fully saturated rings. The van der Waals surface area contributed by atoms with E-state index in [4.69, 9.17) is 4.74 Å². The second-order valence-corrected chi connectivity index (χ2v) is 6.29. The summed E-state index contributed by atoms with van der Waals surface area (Å²) in [6.07, 6.45) is 0. The van der Waals surface area contributed by atoms with Crippen LogP contribution in [0.15, 0.2) is 42.5 Å². The molecule has 2 amide bonds. The number of carbonyl (C=O) groups excluding carboxylic acids is 3. The lowest BCUT2D eigenvalue weighted by molar-refractivity contribution is -0.135. The maximum absolute atomic E-state index is 13.3. The van der Waals surface area contributed by atoms with Crippen molar-refractivity contribution in [2.45, 2.75) is 27.3 Å². The van der Waals surface area contributed by atoms with Crippen LogP contribution in [-0.4, -0.2) is 35.8 Å². The summed E-state index contributed by atoms with van der Waals surface area (Å²) < 4.78 is 18.5. The van der Waals surface area contributed by atoms with Crippen molar-refractivity contribution in [1.82, 2.24) is 4.90 Å². The SMILES string of the molecule is CCN(Cc1cccc(F)c1)C(=O)COC(=O)c1cccc(C)c1NC(C)=O. The third-order valence-corrected chi connectivity index (χ3v) is 4.12. The molecule has 1 N–H and O–H groups in total. The van der Waals surface area contributed by atoms with E-state index in [0.29, 0.717) is 23.4 Å². The molecule has 7 heteroatoms. The summed E-state index contributed by atoms with van der Waals surface area (Å²) in [5.41, 5.74) is 1.89. The summed E-state index contributed by atoms with van der Waals surface area (Å²) in [7, 11) is 0. The fourth-order valence-electron chi connectivity index (χ4n) is 2.71. The van der Waals surface area contributed by atoms with Gasteiger partial charge in [-0.2, -0.15) is 0 Å². The summed E-state index contributed by atoms with van der Waals surface area (Å²) in [6.45, 7) is 5.03. The van der Waals surface area contributed by atoms with Crippen LogP contribution in [0.2, 0.25) is 0 Å². The van der Waals surface area contributed by atoms with Crippen molar-refractivity contribution in [2.24, 2.45) is 0 Å². The van der Waals surface area contributed by atoms with Crippen LogP contribution in [0.3, 0.4) is 0 Å². The van der Waals surface area contributed by atoms with Gasteiger partial charge in [-0.15, -0.1) is 0 Å². The molecule has 0 heterocycles. The molecule has 2 rings (SSSR count). The number of para-hydroxylation sites is 1. The highest BCUT2D eigenvalue weighted by molar-refractivity contribution is 6.02. The van der Waals surface area contributed by atoms with Crippen molar-refractivity contribution in [3.63, 3.8) is 0 Å². The van der Waals surface area contributed by atoms with E-state index in [-0.39, 0.29) is 23.8 Å². The lowest BCUT2D eigenvalue weighted by Crippen LogP contribution is -2.34. The maximum atomic E-state index is 13.3. The van der Waals surface area contributed by atoms with Crippen molar-refractivity contribution >= 4 is 23.5 Å². The Bertz CT molecular complexity index is 882. The number of nitrogens with zero attached hydrogens (tertiary/aromatic N) is 1. The fourth-order valence-corrected chi connectivity index (χ4v) is 2.71. The Morgan fingerprint density at radius 3 is 2.50 bits per heavy atom. The molecule has 0 aliphatic rings. The van der Waals surface area contributed by atoms with Gasteiger partial charge in [0.1, 0.15) is 5.82 Å². The Morgan fingerprint density at radius 1 is 1.14 bits per heavy atom. The van der Waals surface area contributed by atoms with Crippen molar-refractivity contribution in [3.8, 4) is 0 Å². The van der Waals surface area contributed by atoms with Crippen LogP contribution in [0, 0.1) is 12.7 Å². The first-order valence-corrected chi connectivity index (χ1v) is 8.88. The van der Waals surface area contributed by atoms with Gasteiger partial charge < -0.3 is 15.0 Å². The number of likely N-dealkylation sites (N-methyl/N-ethyl adjacent to an activating group) is 1. The van der Waals surface area contributed by atoms with Gasteiger partial charge in [0.2, 0.25) is 5.91 Å². The molecule has 2 aromatic carbocycles. The van der Waals surface area contributed by atoms with Gasteiger partial charge in [0.05, 0.1) is 11.3 Å². The van der Waals surface area contributed by atoms with Gasteiger partial charge in [-0.3, -0.25) is 9.59 Å². The van der Waals surface area contributed by atoms with Gasteiger partial charge in [-0.25, -0.2) is 9.18 Å². The molecule has 0 saturated carbocycles. The molecule has 0 atom stereocenters. The summed E-state index contributed by atoms with van der Waals surface area (Å²) in [5, 5.41) is 2.61. The standard InChI is InChI=1S/C21H23FN2O4/c1-4-24(12-16-8-6-9-17(22)11-16)19(26)13-28-21(27)18-10-5-7-14(2)20(18)23-15(3)25/h5-11H,4,12-13H2,1-3H3,(H,23,25). The highest BCUT2D eigenvalue weighted by Crippen LogP contribution is 2.21. The van der Waals surface area contributed by atoms with Crippen LogP contribution in [-0.2, 0) is 20.9 Å². The molecule has 28 heavy (non-hydrogen) atoms. The van der Waals surface area contributed by atoms with E-state index < -0.39 is 18.5 Å². The second-order valence-electron chi connectivity index (χ2n) is 6.29. The Balaban J connectivity index is 2.04. The molecule has 0 radical (unpaired) electrons. The molecular weight excluding hydrogens is 363 g/mol. The number of ether oxygens (including phenoxy) is 1. The lowest BCUT2D eigenvalue weighted by Gasteiger charge is -2.21. The number of carbonyl (C=O) groups is 3. The number of hydrogen-bond donors (Lipinski definition) is 1. The molecule has 0 unspecified atom stereocenters. The molecule has 0 spiro atoms. The molecule has 0 saturated heterocycles. The number of halogens is 1. The number of benzene rings is 2. The minimum atomic E-state index is -0.706. The van der Waals surface area contributed by atoms with Gasteiger partial charge in [0.15, 0.2) is 6.61 Å². The Labute approximate surface area is 163 Å². The molecular formula is C21H23FN2O4. The van der Waals surface area contributed by atoms with Gasteiger partial charge in [-0.1, -0.05) is 24.3 Å². The molecule has 0 bridgehead atoms. The molecule has 2 aromatic rings. The van der Waals surface area contributed by atoms with Crippen molar-refractivity contribution < 1.29 is 23.5 Å². The van der Waals surface area contributed by atoms with E-state index in [0.717, 1.165) is 0 Å². The highest BCUT2D eigenvalue weighted by atomic mass is 19.1. The number of hydrogen-bond acceptors (Lipinski definition) is 4. The largest absolute Gasteiger partial charge is 0.452 e. The van der Waals surface area contributed by atoms with E-state index in [1.807, 2.05) is 0 Å². The fraction of sp³-hybridized carbons (Fsp3) is 0.286. The van der Waals surface area contributed by atoms with E-state index in [1.54, 1.807) is 38.1 Å². The lowest BCUT2D eigenvalue weighted by atomic mass is 10.1. The minimum absolute atomic E-state index is 0.177. The zero-order chi connectivity index (χ0) is 20.7. The number of nitrogens with one attached hydrogen (secondary N) is 1. The average molecular weight is 386 g/mol. The first kappa shape index (κ1) is 21.1. The van der Waals surface area contributed by atoms with Crippen LogP contribution < -0.4 is 5.32 Å². The number of rotatable bonds is 7. The minimum Gasteiger partial charge on any atom is -0.452 e. The van der Waals surface area contributed by atoms with Crippen molar-refractivity contribution in [1.29, 1.82) is 0 Å². The third kappa shape index (κ3) is 5.64. The summed E-state index contributed by atoms with van der Waals surface area (Å²) >= 11 is 0. The van der Waals surface area contributed by atoms with E-state index in [1.165, 1.54) is 30.0 Å². The van der Waals surface area contributed by atoms with E-state index >= 15 is 0 Å². The zero-order valence-corrected chi connectivity index (χ0v) is 16.1. The van der Waals surface area contributed by atoms with Crippen molar-refractivity contribution in [3.05, 3.63) is 65.0 Å². The smallest absolute Gasteiger partial charge is 0.340 e. The van der Waals surface area contributed by atoms with Crippen LogP contribution in [0.5, 0.6) is 0 Å². The van der Waals surface area contributed by atoms with Gasteiger partial charge >= 0.3 is 5.97 Å². The maximum Gasteiger partial charge on any atom is 0.340 e. The van der Waals surface area contributed by atoms with Gasteiger partial charge in [0.25, 0.3) is 5.91 Å². The van der Waals surface area contributed by atoms with Crippen LogP contribution >= 0.6 is 0 Å². The van der Waals surface area contributed by atoms with Gasteiger partial charge in [-0.05, 0) is 43.2 Å². The molecule has 0 aliphatic heterocycles.